The zero-order chi connectivity index (χ0) is 11.9. The van der Waals surface area contributed by atoms with Crippen LogP contribution < -0.4 is 0 Å². The van der Waals surface area contributed by atoms with Gasteiger partial charge in [0.25, 0.3) is 0 Å². The molecule has 0 bridgehead atoms. The minimum Gasteiger partial charge on any atom is -0.327 e. The molecule has 0 N–H and O–H groups in total. The van der Waals surface area contributed by atoms with Crippen molar-refractivity contribution in [3.05, 3.63) is 30.1 Å². The highest BCUT2D eigenvalue weighted by Gasteiger charge is 2.33. The lowest BCUT2D eigenvalue weighted by atomic mass is 10.2. The smallest absolute Gasteiger partial charge is 0.189 e. The second kappa shape index (κ2) is 3.81. The first-order valence-electron chi connectivity index (χ1n) is 5.66. The molecule has 1 aliphatic heterocycles. The molecule has 0 saturated heterocycles. The monoisotopic (exact) mass is 248 g/mol. The van der Waals surface area contributed by atoms with Gasteiger partial charge in [-0.25, -0.2) is 4.98 Å². The van der Waals surface area contributed by atoms with Crippen molar-refractivity contribution in [3.63, 3.8) is 0 Å². The van der Waals surface area contributed by atoms with Crippen LogP contribution in [0.25, 0.3) is 11.0 Å². The molecule has 0 unspecified atom stereocenters. The molecule has 0 radical (unpaired) electrons. The number of hydrogen-bond donors (Lipinski definition) is 0. The average molecular weight is 249 g/mol. The van der Waals surface area contributed by atoms with Gasteiger partial charge in [-0.05, 0) is 19.1 Å². The molecule has 0 aliphatic carbocycles. The highest BCUT2D eigenvalue weighted by atomic mass is 35.5. The van der Waals surface area contributed by atoms with E-state index >= 15 is 0 Å². The summed E-state index contributed by atoms with van der Waals surface area (Å²) in [5.74, 6) is 1.34. The topological polar surface area (TPSA) is 42.5 Å². The third kappa shape index (κ3) is 1.93. The van der Waals surface area contributed by atoms with E-state index in [4.69, 9.17) is 11.6 Å². The number of aromatic nitrogens is 2. The fourth-order valence-electron chi connectivity index (χ4n) is 1.99. The zero-order valence-corrected chi connectivity index (χ0v) is 10.4. The summed E-state index contributed by atoms with van der Waals surface area (Å²) in [6, 6.07) is 8.09. The number of halogens is 1. The van der Waals surface area contributed by atoms with E-state index in [1.165, 1.54) is 0 Å². The van der Waals surface area contributed by atoms with E-state index in [9.17, 15) is 0 Å². The Bertz CT molecular complexity index is 581. The lowest BCUT2D eigenvalue weighted by Gasteiger charge is -2.08. The largest absolute Gasteiger partial charge is 0.327 e. The highest BCUT2D eigenvalue weighted by Crippen LogP contribution is 2.32. The van der Waals surface area contributed by atoms with E-state index in [1.807, 2.05) is 25.1 Å². The molecule has 0 spiro atoms. The van der Waals surface area contributed by atoms with Gasteiger partial charge in [0.2, 0.25) is 0 Å². The van der Waals surface area contributed by atoms with Crippen LogP contribution >= 0.6 is 11.6 Å². The SMILES string of the molecule is CC1(CCn2c(CCl)nc3ccccc32)N=N1. The van der Waals surface area contributed by atoms with Gasteiger partial charge < -0.3 is 4.57 Å². The van der Waals surface area contributed by atoms with Crippen molar-refractivity contribution in [1.82, 2.24) is 9.55 Å². The maximum atomic E-state index is 5.94. The number of nitrogens with zero attached hydrogens (tertiary/aromatic N) is 4. The second-order valence-corrected chi connectivity index (χ2v) is 4.74. The molecule has 88 valence electrons. The van der Waals surface area contributed by atoms with Crippen molar-refractivity contribution in [3.8, 4) is 0 Å². The molecule has 3 rings (SSSR count). The van der Waals surface area contributed by atoms with Crippen molar-refractivity contribution in [2.75, 3.05) is 0 Å². The van der Waals surface area contributed by atoms with Crippen molar-refractivity contribution in [2.24, 2.45) is 10.2 Å². The van der Waals surface area contributed by atoms with Crippen LogP contribution in [0.2, 0.25) is 0 Å². The number of fused-ring (bicyclic) bond motifs is 1. The van der Waals surface area contributed by atoms with Gasteiger partial charge in [0.05, 0.1) is 16.9 Å². The lowest BCUT2D eigenvalue weighted by molar-refractivity contribution is 0.526. The molecule has 0 amide bonds. The Kier molecular flexibility index (Phi) is 2.40. The van der Waals surface area contributed by atoms with Crippen LogP contribution in [0.5, 0.6) is 0 Å². The number of aryl methyl sites for hydroxylation is 1. The molecule has 2 aromatic rings. The van der Waals surface area contributed by atoms with Crippen LogP contribution in [0, 0.1) is 0 Å². The Morgan fingerprint density at radius 2 is 2.06 bits per heavy atom. The predicted octanol–water partition coefficient (Wildman–Crippen LogP) is 3.35. The second-order valence-electron chi connectivity index (χ2n) is 4.47. The number of imidazole rings is 1. The number of benzene rings is 1. The molecule has 0 saturated carbocycles. The van der Waals surface area contributed by atoms with Gasteiger partial charge in [-0.15, -0.1) is 11.6 Å². The normalized spacial score (nSPS) is 16.6. The molecule has 0 atom stereocenters. The van der Waals surface area contributed by atoms with Gasteiger partial charge in [0.15, 0.2) is 5.66 Å². The van der Waals surface area contributed by atoms with Crippen LogP contribution in [-0.2, 0) is 12.4 Å². The maximum absolute atomic E-state index is 5.94. The summed E-state index contributed by atoms with van der Waals surface area (Å²) in [5.41, 5.74) is 1.96. The van der Waals surface area contributed by atoms with Gasteiger partial charge in [-0.1, -0.05) is 12.1 Å². The van der Waals surface area contributed by atoms with Crippen molar-refractivity contribution in [2.45, 2.75) is 31.4 Å². The summed E-state index contributed by atoms with van der Waals surface area (Å²) in [6.45, 7) is 2.89. The van der Waals surface area contributed by atoms with Crippen molar-refractivity contribution in [1.29, 1.82) is 0 Å². The van der Waals surface area contributed by atoms with Crippen molar-refractivity contribution < 1.29 is 0 Å². The molecule has 17 heavy (non-hydrogen) atoms. The highest BCUT2D eigenvalue weighted by molar-refractivity contribution is 6.16. The molecule has 1 aromatic heterocycles. The lowest BCUT2D eigenvalue weighted by Crippen LogP contribution is -2.11. The van der Waals surface area contributed by atoms with Crippen LogP contribution in [-0.4, -0.2) is 15.2 Å². The minimum absolute atomic E-state index is 0.172. The fourth-order valence-corrected chi connectivity index (χ4v) is 2.19. The molecule has 2 heterocycles. The Hall–Kier alpha value is -1.42. The third-order valence-corrected chi connectivity index (χ3v) is 3.34. The van der Waals surface area contributed by atoms with E-state index in [1.54, 1.807) is 0 Å². The first-order chi connectivity index (χ1) is 8.22. The molecule has 1 aromatic carbocycles. The molecular formula is C12H13ClN4. The van der Waals surface area contributed by atoms with Gasteiger partial charge in [0, 0.05) is 13.0 Å². The standard InChI is InChI=1S/C12H13ClN4/c1-12(15-16-12)6-7-17-10-5-3-2-4-9(10)14-11(17)8-13/h2-5H,6-8H2,1H3. The number of rotatable bonds is 4. The van der Waals surface area contributed by atoms with Crippen LogP contribution in [0.1, 0.15) is 19.2 Å². The van der Waals surface area contributed by atoms with Gasteiger partial charge in [-0.3, -0.25) is 0 Å². The first kappa shape index (κ1) is 10.7. The zero-order valence-electron chi connectivity index (χ0n) is 9.60. The minimum atomic E-state index is -0.172. The number of alkyl halides is 1. The quantitative estimate of drug-likeness (QED) is 0.765. The summed E-state index contributed by atoms with van der Waals surface area (Å²) >= 11 is 5.94. The molecule has 0 fully saturated rings. The van der Waals surface area contributed by atoms with E-state index in [2.05, 4.69) is 25.8 Å². The Morgan fingerprint density at radius 3 is 2.76 bits per heavy atom. The Morgan fingerprint density at radius 1 is 1.29 bits per heavy atom. The number of hydrogen-bond acceptors (Lipinski definition) is 3. The van der Waals surface area contributed by atoms with E-state index in [-0.39, 0.29) is 5.66 Å². The summed E-state index contributed by atoms with van der Waals surface area (Å²) in [7, 11) is 0. The van der Waals surface area contributed by atoms with Crippen molar-refractivity contribution >= 4 is 22.6 Å². The van der Waals surface area contributed by atoms with E-state index in [0.717, 1.165) is 29.8 Å². The van der Waals surface area contributed by atoms with Crippen LogP contribution in [0.4, 0.5) is 0 Å². The van der Waals surface area contributed by atoms with E-state index in [0.29, 0.717) is 5.88 Å². The predicted molar refractivity (Wildman–Crippen MR) is 67.2 cm³/mol. The summed E-state index contributed by atoms with van der Waals surface area (Å²) in [4.78, 5) is 4.52. The summed E-state index contributed by atoms with van der Waals surface area (Å²) in [5, 5.41) is 8.06. The molecular weight excluding hydrogens is 236 g/mol. The Balaban J connectivity index is 1.94. The van der Waals surface area contributed by atoms with Gasteiger partial charge in [-0.2, -0.15) is 10.2 Å². The van der Waals surface area contributed by atoms with Gasteiger partial charge >= 0.3 is 0 Å². The number of para-hydroxylation sites is 2. The van der Waals surface area contributed by atoms with E-state index < -0.39 is 0 Å². The average Bonchev–Trinajstić information content (AvgIpc) is 2.97. The summed E-state index contributed by atoms with van der Waals surface area (Å²) in [6.07, 6.45) is 0.900. The maximum Gasteiger partial charge on any atom is 0.189 e. The Labute approximate surface area is 104 Å². The molecule has 1 aliphatic rings. The van der Waals surface area contributed by atoms with Gasteiger partial charge in [0.1, 0.15) is 5.82 Å². The molecule has 4 nitrogen and oxygen atoms in total. The van der Waals surface area contributed by atoms with Crippen LogP contribution in [0.15, 0.2) is 34.5 Å². The summed E-state index contributed by atoms with van der Waals surface area (Å²) < 4.78 is 2.16. The first-order valence-corrected chi connectivity index (χ1v) is 6.19. The fraction of sp³-hybridized carbons (Fsp3) is 0.417. The van der Waals surface area contributed by atoms with Crippen LogP contribution in [0.3, 0.4) is 0 Å². The third-order valence-electron chi connectivity index (χ3n) is 3.10. The molecule has 5 heteroatoms.